The Morgan fingerprint density at radius 3 is 2.89 bits per heavy atom. The van der Waals surface area contributed by atoms with Gasteiger partial charge in [-0.1, -0.05) is 24.3 Å². The van der Waals surface area contributed by atoms with Crippen molar-refractivity contribution >= 4 is 23.2 Å². The van der Waals surface area contributed by atoms with Gasteiger partial charge in [-0.05, 0) is 29.8 Å². The Morgan fingerprint density at radius 1 is 1.19 bits per heavy atom. The van der Waals surface area contributed by atoms with Crippen LogP contribution in [0.4, 0.5) is 15.8 Å². The Labute approximate surface area is 157 Å². The fraction of sp³-hybridized carbons (Fsp3) is 0.300. The first kappa shape index (κ1) is 17.6. The number of fused-ring (bicyclic) bond motifs is 1. The van der Waals surface area contributed by atoms with Gasteiger partial charge in [-0.15, -0.1) is 0 Å². The molecule has 1 saturated heterocycles. The molecule has 7 heteroatoms. The minimum atomic E-state index is -0.286. The summed E-state index contributed by atoms with van der Waals surface area (Å²) < 4.78 is 13.7. The molecule has 1 fully saturated rings. The number of para-hydroxylation sites is 2. The second kappa shape index (κ2) is 7.46. The predicted molar refractivity (Wildman–Crippen MR) is 101 cm³/mol. The number of rotatable bonds is 3. The van der Waals surface area contributed by atoms with Gasteiger partial charge in [0.2, 0.25) is 11.8 Å². The molecule has 27 heavy (non-hydrogen) atoms. The largest absolute Gasteiger partial charge is 0.323 e. The van der Waals surface area contributed by atoms with E-state index in [-0.39, 0.29) is 36.8 Å². The molecule has 2 aromatic rings. The van der Waals surface area contributed by atoms with Crippen LogP contribution in [-0.2, 0) is 9.59 Å². The molecule has 2 amide bonds. The van der Waals surface area contributed by atoms with Gasteiger partial charge >= 0.3 is 0 Å². The van der Waals surface area contributed by atoms with E-state index >= 15 is 0 Å². The highest BCUT2D eigenvalue weighted by Crippen LogP contribution is 2.30. The Kier molecular flexibility index (Phi) is 4.87. The number of hydrogen-bond acceptors (Lipinski definition) is 4. The van der Waals surface area contributed by atoms with Gasteiger partial charge in [0.05, 0.1) is 17.9 Å². The van der Waals surface area contributed by atoms with E-state index in [9.17, 15) is 14.0 Å². The molecule has 1 unspecified atom stereocenters. The molecule has 2 aromatic carbocycles. The smallest absolute Gasteiger partial charge is 0.244 e. The molecule has 0 spiro atoms. The van der Waals surface area contributed by atoms with E-state index < -0.39 is 0 Å². The highest BCUT2D eigenvalue weighted by molar-refractivity contribution is 6.10. The maximum Gasteiger partial charge on any atom is 0.244 e. The SMILES string of the molecule is O=C1CN(C(=O)CN2CCNCC2c2cccc(F)c2)c2ccccc2N1. The zero-order valence-corrected chi connectivity index (χ0v) is 14.8. The van der Waals surface area contributed by atoms with Crippen molar-refractivity contribution < 1.29 is 14.0 Å². The van der Waals surface area contributed by atoms with E-state index in [2.05, 4.69) is 10.6 Å². The highest BCUT2D eigenvalue weighted by atomic mass is 19.1. The van der Waals surface area contributed by atoms with Crippen LogP contribution in [0.1, 0.15) is 11.6 Å². The lowest BCUT2D eigenvalue weighted by atomic mass is 10.0. The van der Waals surface area contributed by atoms with Crippen molar-refractivity contribution in [1.82, 2.24) is 10.2 Å². The summed E-state index contributed by atoms with van der Waals surface area (Å²) in [6.07, 6.45) is 0. The van der Waals surface area contributed by atoms with E-state index in [0.29, 0.717) is 24.5 Å². The summed E-state index contributed by atoms with van der Waals surface area (Å²) in [5, 5.41) is 6.10. The second-order valence-electron chi connectivity index (χ2n) is 6.79. The molecular weight excluding hydrogens is 347 g/mol. The van der Waals surface area contributed by atoms with Crippen LogP contribution >= 0.6 is 0 Å². The lowest BCUT2D eigenvalue weighted by Crippen LogP contribution is -2.52. The van der Waals surface area contributed by atoms with Crippen molar-refractivity contribution in [3.05, 3.63) is 59.9 Å². The summed E-state index contributed by atoms with van der Waals surface area (Å²) in [7, 11) is 0. The molecule has 0 saturated carbocycles. The molecule has 2 aliphatic heterocycles. The minimum absolute atomic E-state index is 0.00652. The van der Waals surface area contributed by atoms with Gasteiger partial charge in [0.1, 0.15) is 12.4 Å². The molecular formula is C20H21FN4O2. The number of halogens is 1. The van der Waals surface area contributed by atoms with Crippen molar-refractivity contribution in [2.75, 3.05) is 42.9 Å². The zero-order valence-electron chi connectivity index (χ0n) is 14.8. The maximum absolute atomic E-state index is 13.7. The van der Waals surface area contributed by atoms with Gasteiger partial charge < -0.3 is 10.6 Å². The van der Waals surface area contributed by atoms with E-state index in [4.69, 9.17) is 0 Å². The van der Waals surface area contributed by atoms with Crippen LogP contribution in [0.2, 0.25) is 0 Å². The summed E-state index contributed by atoms with van der Waals surface area (Å²) in [4.78, 5) is 28.6. The summed E-state index contributed by atoms with van der Waals surface area (Å²) in [6.45, 7) is 2.26. The number of hydrogen-bond donors (Lipinski definition) is 2. The van der Waals surface area contributed by atoms with Gasteiger partial charge in [0, 0.05) is 25.7 Å². The average molecular weight is 368 g/mol. The lowest BCUT2D eigenvalue weighted by Gasteiger charge is -2.38. The molecule has 0 aromatic heterocycles. The van der Waals surface area contributed by atoms with Gasteiger partial charge in [-0.3, -0.25) is 19.4 Å². The van der Waals surface area contributed by atoms with E-state index in [1.54, 1.807) is 12.1 Å². The normalized spacial score (nSPS) is 20.1. The number of anilines is 2. The first-order chi connectivity index (χ1) is 13.1. The van der Waals surface area contributed by atoms with Gasteiger partial charge in [-0.25, -0.2) is 4.39 Å². The summed E-state index contributed by atoms with van der Waals surface area (Å²) in [5.41, 5.74) is 2.19. The molecule has 4 rings (SSSR count). The molecule has 6 nitrogen and oxygen atoms in total. The standard InChI is InChI=1S/C20H21FN4O2/c21-15-5-3-4-14(10-15)18-11-22-8-9-24(18)13-20(27)25-12-19(26)23-16-6-1-2-7-17(16)25/h1-7,10,18,22H,8-9,11-13H2,(H,23,26). The number of amides is 2. The monoisotopic (exact) mass is 368 g/mol. The van der Waals surface area contributed by atoms with Gasteiger partial charge in [0.15, 0.2) is 0 Å². The predicted octanol–water partition coefficient (Wildman–Crippen LogP) is 1.76. The molecule has 2 heterocycles. The van der Waals surface area contributed by atoms with E-state index in [1.807, 2.05) is 29.2 Å². The molecule has 1 atom stereocenters. The van der Waals surface area contributed by atoms with Crippen LogP contribution in [0.5, 0.6) is 0 Å². The molecule has 0 radical (unpaired) electrons. The summed E-state index contributed by atoms with van der Waals surface area (Å²) in [5.74, 6) is -0.629. The highest BCUT2D eigenvalue weighted by Gasteiger charge is 2.31. The van der Waals surface area contributed by atoms with Gasteiger partial charge in [0.25, 0.3) is 0 Å². The Hall–Kier alpha value is -2.77. The minimum Gasteiger partial charge on any atom is -0.323 e. The second-order valence-corrected chi connectivity index (χ2v) is 6.79. The molecule has 0 aliphatic carbocycles. The van der Waals surface area contributed by atoms with E-state index in [1.165, 1.54) is 17.0 Å². The van der Waals surface area contributed by atoms with Crippen molar-refractivity contribution in [2.24, 2.45) is 0 Å². The third-order valence-electron chi connectivity index (χ3n) is 5.00. The van der Waals surface area contributed by atoms with Crippen LogP contribution in [0.25, 0.3) is 0 Å². The summed E-state index contributed by atoms with van der Waals surface area (Å²) in [6, 6.07) is 13.7. The molecule has 2 aliphatic rings. The van der Waals surface area contributed by atoms with Crippen LogP contribution in [0, 0.1) is 5.82 Å². The van der Waals surface area contributed by atoms with Crippen molar-refractivity contribution in [1.29, 1.82) is 0 Å². The fourth-order valence-electron chi connectivity index (χ4n) is 3.69. The topological polar surface area (TPSA) is 64.7 Å². The number of carbonyl (C=O) groups is 2. The number of nitrogens with one attached hydrogen (secondary N) is 2. The van der Waals surface area contributed by atoms with Crippen LogP contribution in [0.15, 0.2) is 48.5 Å². The quantitative estimate of drug-likeness (QED) is 0.867. The number of piperazine rings is 1. The van der Waals surface area contributed by atoms with Crippen LogP contribution in [-0.4, -0.2) is 49.4 Å². The number of nitrogens with zero attached hydrogens (tertiary/aromatic N) is 2. The third kappa shape index (κ3) is 3.70. The van der Waals surface area contributed by atoms with Crippen molar-refractivity contribution in [3.8, 4) is 0 Å². The molecule has 2 N–H and O–H groups in total. The maximum atomic E-state index is 13.7. The van der Waals surface area contributed by atoms with Gasteiger partial charge in [-0.2, -0.15) is 0 Å². The zero-order chi connectivity index (χ0) is 18.8. The molecule has 140 valence electrons. The Balaban J connectivity index is 1.55. The van der Waals surface area contributed by atoms with Crippen molar-refractivity contribution in [2.45, 2.75) is 6.04 Å². The van der Waals surface area contributed by atoms with Crippen LogP contribution < -0.4 is 15.5 Å². The first-order valence-corrected chi connectivity index (χ1v) is 9.01. The first-order valence-electron chi connectivity index (χ1n) is 9.01. The van der Waals surface area contributed by atoms with E-state index in [0.717, 1.165) is 12.1 Å². The summed E-state index contributed by atoms with van der Waals surface area (Å²) >= 11 is 0. The average Bonchev–Trinajstić information content (AvgIpc) is 2.67. The third-order valence-corrected chi connectivity index (χ3v) is 5.00. The Bertz CT molecular complexity index is 873. The van der Waals surface area contributed by atoms with Crippen molar-refractivity contribution in [3.63, 3.8) is 0 Å². The fourth-order valence-corrected chi connectivity index (χ4v) is 3.69. The number of benzene rings is 2. The Morgan fingerprint density at radius 2 is 2.04 bits per heavy atom. The van der Waals surface area contributed by atoms with Crippen LogP contribution in [0.3, 0.4) is 0 Å². The lowest BCUT2D eigenvalue weighted by molar-refractivity contribution is -0.123. The number of carbonyl (C=O) groups excluding carboxylic acids is 2. The molecule has 0 bridgehead atoms.